The summed E-state index contributed by atoms with van der Waals surface area (Å²) in [6.07, 6.45) is -1.19. The molecule has 26 heavy (non-hydrogen) atoms. The smallest absolute Gasteiger partial charge is 0.273 e. The second kappa shape index (κ2) is 7.18. The molecule has 0 bridgehead atoms. The van der Waals surface area contributed by atoms with Gasteiger partial charge in [0, 0.05) is 16.8 Å². The van der Waals surface area contributed by atoms with Crippen molar-refractivity contribution >= 4 is 23.2 Å². The molecule has 0 saturated heterocycles. The Balaban J connectivity index is 2.25. The molecule has 2 unspecified atom stereocenters. The molecule has 0 aliphatic carbocycles. The zero-order valence-electron chi connectivity index (χ0n) is 12.8. The molecule has 0 spiro atoms. The molecule has 3 rings (SSSR count). The van der Waals surface area contributed by atoms with Crippen molar-refractivity contribution in [3.05, 3.63) is 70.0 Å². The van der Waals surface area contributed by atoms with E-state index in [0.29, 0.717) is 0 Å². The van der Waals surface area contributed by atoms with Gasteiger partial charge in [0.1, 0.15) is 18.2 Å². The van der Waals surface area contributed by atoms with Crippen LogP contribution in [0.3, 0.4) is 0 Å². The summed E-state index contributed by atoms with van der Waals surface area (Å²) in [5.41, 5.74) is -3.75. The van der Waals surface area contributed by atoms with E-state index in [-0.39, 0.29) is 15.7 Å². The minimum absolute atomic E-state index is 0.00791. The van der Waals surface area contributed by atoms with Crippen molar-refractivity contribution in [2.24, 2.45) is 0 Å². The number of halogens is 5. The molecule has 6 nitrogen and oxygen atoms in total. The highest BCUT2D eigenvalue weighted by atomic mass is 35.5. The highest BCUT2D eigenvalue weighted by Crippen LogP contribution is 2.43. The van der Waals surface area contributed by atoms with Crippen LogP contribution in [0.2, 0.25) is 10.0 Å². The molecule has 1 N–H and O–H groups in total. The molecule has 0 saturated carbocycles. The number of benzene rings is 1. The molecular formula is C15H10Cl2F3N5O. The van der Waals surface area contributed by atoms with Crippen molar-refractivity contribution in [3.63, 3.8) is 0 Å². The first-order valence-electron chi connectivity index (χ1n) is 7.14. The Morgan fingerprint density at radius 3 is 2.38 bits per heavy atom. The predicted octanol–water partition coefficient (Wildman–Crippen LogP) is 3.26. The monoisotopic (exact) mass is 403 g/mol. The lowest BCUT2D eigenvalue weighted by atomic mass is 9.84. The van der Waals surface area contributed by atoms with Crippen molar-refractivity contribution in [1.29, 1.82) is 0 Å². The molecule has 0 fully saturated rings. The molecule has 3 aromatic rings. The van der Waals surface area contributed by atoms with Gasteiger partial charge in [-0.1, -0.05) is 29.3 Å². The van der Waals surface area contributed by atoms with E-state index in [9.17, 15) is 18.3 Å². The van der Waals surface area contributed by atoms with E-state index < -0.39 is 29.4 Å². The minimum atomic E-state index is -3.41. The van der Waals surface area contributed by atoms with Crippen LogP contribution >= 0.6 is 23.2 Å². The van der Waals surface area contributed by atoms with E-state index in [0.717, 1.165) is 23.1 Å². The predicted molar refractivity (Wildman–Crippen MR) is 86.5 cm³/mol. The van der Waals surface area contributed by atoms with E-state index in [1.807, 2.05) is 0 Å². The SMILES string of the molecule is OC(c1ccc(Cl)cc1F)(C(F)F)C(c1ccc(Cl)cn1)n1cnnn1. The number of rotatable bonds is 5. The highest BCUT2D eigenvalue weighted by molar-refractivity contribution is 6.30. The van der Waals surface area contributed by atoms with Crippen LogP contribution in [-0.4, -0.2) is 36.7 Å². The van der Waals surface area contributed by atoms with E-state index >= 15 is 0 Å². The summed E-state index contributed by atoms with van der Waals surface area (Å²) in [6.45, 7) is 0. The van der Waals surface area contributed by atoms with Crippen molar-refractivity contribution < 1.29 is 18.3 Å². The first kappa shape index (κ1) is 18.6. The van der Waals surface area contributed by atoms with Crippen LogP contribution in [0.15, 0.2) is 42.9 Å². The van der Waals surface area contributed by atoms with Crippen LogP contribution in [0, 0.1) is 5.82 Å². The van der Waals surface area contributed by atoms with Crippen LogP contribution in [0.5, 0.6) is 0 Å². The topological polar surface area (TPSA) is 76.7 Å². The number of hydrogen-bond acceptors (Lipinski definition) is 5. The summed E-state index contributed by atoms with van der Waals surface area (Å²) >= 11 is 11.5. The van der Waals surface area contributed by atoms with Gasteiger partial charge in [-0.2, -0.15) is 0 Å². The average Bonchev–Trinajstić information content (AvgIpc) is 3.10. The zero-order valence-corrected chi connectivity index (χ0v) is 14.3. The second-order valence-corrected chi connectivity index (χ2v) is 6.22. The summed E-state index contributed by atoms with van der Waals surface area (Å²) in [7, 11) is 0. The summed E-state index contributed by atoms with van der Waals surface area (Å²) in [5, 5.41) is 21.6. The summed E-state index contributed by atoms with van der Waals surface area (Å²) in [6, 6.07) is 4.08. The van der Waals surface area contributed by atoms with Crippen LogP contribution < -0.4 is 0 Å². The van der Waals surface area contributed by atoms with E-state index in [1.165, 1.54) is 24.4 Å². The van der Waals surface area contributed by atoms with Crippen LogP contribution in [0.1, 0.15) is 17.3 Å². The Morgan fingerprint density at radius 1 is 1.12 bits per heavy atom. The van der Waals surface area contributed by atoms with Crippen molar-refractivity contribution in [2.75, 3.05) is 0 Å². The zero-order chi connectivity index (χ0) is 18.9. The van der Waals surface area contributed by atoms with Gasteiger partial charge in [-0.05, 0) is 34.7 Å². The van der Waals surface area contributed by atoms with Gasteiger partial charge in [0.15, 0.2) is 5.60 Å². The molecular weight excluding hydrogens is 394 g/mol. The molecule has 0 radical (unpaired) electrons. The Labute approximate surface area is 155 Å². The van der Waals surface area contributed by atoms with E-state index in [4.69, 9.17) is 23.2 Å². The number of pyridine rings is 1. The van der Waals surface area contributed by atoms with E-state index in [1.54, 1.807) is 0 Å². The van der Waals surface area contributed by atoms with Gasteiger partial charge in [0.2, 0.25) is 0 Å². The number of aromatic nitrogens is 5. The quantitative estimate of drug-likeness (QED) is 0.707. The molecule has 1 aromatic carbocycles. The number of hydrogen-bond donors (Lipinski definition) is 1. The third-order valence-electron chi connectivity index (χ3n) is 3.77. The standard InChI is InChI=1S/C15H10Cl2F3N5O/c16-8-1-3-10(11(18)5-8)15(26,14(19)20)13(25-7-22-23-24-25)12-4-2-9(17)6-21-12/h1-7,13-14,26H. The lowest BCUT2D eigenvalue weighted by Gasteiger charge is -2.35. The van der Waals surface area contributed by atoms with Gasteiger partial charge in [-0.25, -0.2) is 17.9 Å². The van der Waals surface area contributed by atoms with Gasteiger partial charge < -0.3 is 5.11 Å². The Morgan fingerprint density at radius 2 is 1.85 bits per heavy atom. The molecule has 0 aliphatic heterocycles. The molecule has 0 amide bonds. The summed E-state index contributed by atoms with van der Waals surface area (Å²) < 4.78 is 43.4. The average molecular weight is 404 g/mol. The molecule has 2 atom stereocenters. The highest BCUT2D eigenvalue weighted by Gasteiger charge is 2.51. The Kier molecular flexibility index (Phi) is 5.12. The first-order chi connectivity index (χ1) is 12.3. The Hall–Kier alpha value is -2.23. The minimum Gasteiger partial charge on any atom is -0.377 e. The third-order valence-corrected chi connectivity index (χ3v) is 4.23. The Bertz CT molecular complexity index is 895. The molecule has 136 valence electrons. The maximum atomic E-state index is 14.4. The number of tetrazole rings is 1. The number of alkyl halides is 2. The molecule has 2 aromatic heterocycles. The third kappa shape index (κ3) is 3.25. The number of nitrogens with zero attached hydrogens (tertiary/aromatic N) is 5. The van der Waals surface area contributed by atoms with Crippen molar-refractivity contribution in [2.45, 2.75) is 18.1 Å². The fraction of sp³-hybridized carbons (Fsp3) is 0.200. The summed E-state index contributed by atoms with van der Waals surface area (Å²) in [5.74, 6) is -1.10. The summed E-state index contributed by atoms with van der Waals surface area (Å²) in [4.78, 5) is 3.97. The fourth-order valence-corrected chi connectivity index (χ4v) is 2.87. The van der Waals surface area contributed by atoms with Gasteiger partial charge in [-0.3, -0.25) is 4.98 Å². The number of aliphatic hydroxyl groups is 1. The normalized spacial score (nSPS) is 15.0. The lowest BCUT2D eigenvalue weighted by Crippen LogP contribution is -2.45. The molecule has 11 heteroatoms. The van der Waals surface area contributed by atoms with Gasteiger partial charge >= 0.3 is 0 Å². The maximum absolute atomic E-state index is 14.4. The van der Waals surface area contributed by atoms with Crippen LogP contribution in [0.25, 0.3) is 0 Å². The van der Waals surface area contributed by atoms with E-state index in [2.05, 4.69) is 20.5 Å². The van der Waals surface area contributed by atoms with Gasteiger partial charge in [-0.15, -0.1) is 5.10 Å². The first-order valence-corrected chi connectivity index (χ1v) is 7.89. The second-order valence-electron chi connectivity index (χ2n) is 5.34. The maximum Gasteiger partial charge on any atom is 0.273 e. The largest absolute Gasteiger partial charge is 0.377 e. The lowest BCUT2D eigenvalue weighted by molar-refractivity contribution is -0.130. The van der Waals surface area contributed by atoms with Crippen LogP contribution in [0.4, 0.5) is 13.2 Å². The fourth-order valence-electron chi connectivity index (χ4n) is 2.60. The van der Waals surface area contributed by atoms with Crippen molar-refractivity contribution in [3.8, 4) is 0 Å². The van der Waals surface area contributed by atoms with Gasteiger partial charge in [0.25, 0.3) is 6.43 Å². The van der Waals surface area contributed by atoms with Crippen molar-refractivity contribution in [1.82, 2.24) is 25.2 Å². The molecule has 2 heterocycles. The molecule has 0 aliphatic rings. The van der Waals surface area contributed by atoms with Crippen LogP contribution in [-0.2, 0) is 5.60 Å². The van der Waals surface area contributed by atoms with Gasteiger partial charge in [0.05, 0.1) is 10.7 Å².